The second kappa shape index (κ2) is 10.5. The number of hydrogen-bond acceptors (Lipinski definition) is 5. The van der Waals surface area contributed by atoms with Crippen LogP contribution in [0, 0.1) is 13.8 Å². The van der Waals surface area contributed by atoms with Gasteiger partial charge in [-0.15, -0.1) is 5.10 Å². The Bertz CT molecular complexity index is 1220. The van der Waals surface area contributed by atoms with Crippen LogP contribution in [0.3, 0.4) is 0 Å². The van der Waals surface area contributed by atoms with E-state index in [1.54, 1.807) is 19.2 Å². The first-order chi connectivity index (χ1) is 16.5. The Morgan fingerprint density at radius 1 is 0.971 bits per heavy atom. The highest BCUT2D eigenvalue weighted by atomic mass is 16.5. The maximum Gasteiger partial charge on any atom is 0.271 e. The van der Waals surface area contributed by atoms with Crippen molar-refractivity contribution in [2.24, 2.45) is 0 Å². The van der Waals surface area contributed by atoms with Gasteiger partial charge in [0, 0.05) is 38.7 Å². The van der Waals surface area contributed by atoms with Crippen LogP contribution in [0.25, 0.3) is 5.69 Å². The van der Waals surface area contributed by atoms with Crippen molar-refractivity contribution < 1.29 is 9.53 Å². The van der Waals surface area contributed by atoms with Crippen molar-refractivity contribution in [1.29, 1.82) is 0 Å². The number of carbonyl (C=O) groups is 1. The van der Waals surface area contributed by atoms with Crippen LogP contribution in [0.5, 0.6) is 5.75 Å². The molecule has 1 saturated heterocycles. The van der Waals surface area contributed by atoms with Crippen molar-refractivity contribution in [3.63, 3.8) is 0 Å². The zero-order chi connectivity index (χ0) is 24.1. The van der Waals surface area contributed by atoms with Crippen molar-refractivity contribution in [2.45, 2.75) is 33.1 Å². The predicted molar refractivity (Wildman–Crippen MR) is 134 cm³/mol. The largest absolute Gasteiger partial charge is 0.496 e. The number of ether oxygens (including phenoxy) is 1. The van der Waals surface area contributed by atoms with E-state index in [4.69, 9.17) is 4.74 Å². The zero-order valence-electron chi connectivity index (χ0n) is 20.2. The SMILES string of the molecule is COc1ccccc1CCC(=O)N1CCCN(c2ccc(=O)n(-c3ccc(C)c(C)c3)n2)CC1. The maximum absolute atomic E-state index is 12.9. The van der Waals surface area contributed by atoms with Gasteiger partial charge in [-0.05, 0) is 67.6 Å². The summed E-state index contributed by atoms with van der Waals surface area (Å²) in [6, 6.07) is 17.1. The van der Waals surface area contributed by atoms with Gasteiger partial charge in [-0.25, -0.2) is 0 Å². The normalized spacial score (nSPS) is 14.1. The number of aromatic nitrogens is 2. The number of nitrogens with zero attached hydrogens (tertiary/aromatic N) is 4. The zero-order valence-corrected chi connectivity index (χ0v) is 20.2. The molecule has 7 heteroatoms. The summed E-state index contributed by atoms with van der Waals surface area (Å²) in [5.41, 5.74) is 3.95. The van der Waals surface area contributed by atoms with Crippen molar-refractivity contribution in [2.75, 3.05) is 38.2 Å². The Morgan fingerprint density at radius 2 is 1.79 bits per heavy atom. The van der Waals surface area contributed by atoms with E-state index in [2.05, 4.69) is 10.00 Å². The Labute approximate surface area is 200 Å². The number of anilines is 1. The minimum absolute atomic E-state index is 0.154. The molecule has 178 valence electrons. The van der Waals surface area contributed by atoms with Crippen molar-refractivity contribution in [3.05, 3.63) is 81.6 Å². The minimum atomic E-state index is -0.157. The highest BCUT2D eigenvalue weighted by Crippen LogP contribution is 2.20. The molecule has 0 radical (unpaired) electrons. The molecule has 34 heavy (non-hydrogen) atoms. The lowest BCUT2D eigenvalue weighted by Crippen LogP contribution is -2.36. The maximum atomic E-state index is 12.9. The van der Waals surface area contributed by atoms with E-state index in [1.165, 1.54) is 10.2 Å². The molecule has 0 N–H and O–H groups in total. The molecule has 0 unspecified atom stereocenters. The summed E-state index contributed by atoms with van der Waals surface area (Å²) in [5.74, 6) is 1.73. The molecule has 1 fully saturated rings. The van der Waals surface area contributed by atoms with Crippen LogP contribution >= 0.6 is 0 Å². The molecule has 1 aliphatic heterocycles. The lowest BCUT2D eigenvalue weighted by Gasteiger charge is -2.23. The summed E-state index contributed by atoms with van der Waals surface area (Å²) in [4.78, 5) is 29.5. The molecule has 1 aromatic heterocycles. The predicted octanol–water partition coefficient (Wildman–Crippen LogP) is 3.53. The molecule has 4 rings (SSSR count). The number of para-hydroxylation sites is 1. The summed E-state index contributed by atoms with van der Waals surface area (Å²) in [7, 11) is 1.65. The molecule has 0 bridgehead atoms. The standard InChI is InChI=1S/C27H32N4O3/c1-20-9-11-23(19-21(20)2)31-27(33)14-12-25(28-31)29-15-6-16-30(18-17-29)26(32)13-10-22-7-4-5-8-24(22)34-3/h4-5,7-9,11-12,14,19H,6,10,13,15-18H2,1-3H3. The summed E-state index contributed by atoms with van der Waals surface area (Å²) >= 11 is 0. The second-order valence-electron chi connectivity index (χ2n) is 8.74. The number of methoxy groups -OCH3 is 1. The lowest BCUT2D eigenvalue weighted by atomic mass is 10.1. The molecule has 3 aromatic rings. The van der Waals surface area contributed by atoms with Crippen molar-refractivity contribution in [1.82, 2.24) is 14.7 Å². The van der Waals surface area contributed by atoms with Gasteiger partial charge in [0.15, 0.2) is 0 Å². The van der Waals surface area contributed by atoms with Crippen LogP contribution < -0.4 is 15.2 Å². The van der Waals surface area contributed by atoms with Crippen molar-refractivity contribution >= 4 is 11.7 Å². The molecular weight excluding hydrogens is 428 g/mol. The fourth-order valence-electron chi connectivity index (χ4n) is 4.32. The summed E-state index contributed by atoms with van der Waals surface area (Å²) < 4.78 is 6.87. The Balaban J connectivity index is 1.42. The first kappa shape index (κ1) is 23.5. The summed E-state index contributed by atoms with van der Waals surface area (Å²) in [6.45, 7) is 6.90. The van der Waals surface area contributed by atoms with Crippen LogP contribution in [-0.2, 0) is 11.2 Å². The van der Waals surface area contributed by atoms with Gasteiger partial charge < -0.3 is 14.5 Å². The van der Waals surface area contributed by atoms with Gasteiger partial charge in [-0.3, -0.25) is 9.59 Å². The van der Waals surface area contributed by atoms with E-state index in [0.717, 1.165) is 47.9 Å². The Hall–Kier alpha value is -3.61. The monoisotopic (exact) mass is 460 g/mol. The number of hydrogen-bond donors (Lipinski definition) is 0. The molecule has 0 aliphatic carbocycles. The average Bonchev–Trinajstić information content (AvgIpc) is 3.11. The van der Waals surface area contributed by atoms with Crippen molar-refractivity contribution in [3.8, 4) is 11.4 Å². The van der Waals surface area contributed by atoms with E-state index < -0.39 is 0 Å². The van der Waals surface area contributed by atoms with E-state index >= 15 is 0 Å². The fraction of sp³-hybridized carbons (Fsp3) is 0.370. The summed E-state index contributed by atoms with van der Waals surface area (Å²) in [6.07, 6.45) is 1.96. The van der Waals surface area contributed by atoms with Crippen LogP contribution in [0.4, 0.5) is 5.82 Å². The molecule has 7 nitrogen and oxygen atoms in total. The number of carbonyl (C=O) groups excluding carboxylic acids is 1. The highest BCUT2D eigenvalue weighted by molar-refractivity contribution is 5.76. The highest BCUT2D eigenvalue weighted by Gasteiger charge is 2.21. The second-order valence-corrected chi connectivity index (χ2v) is 8.74. The quantitative estimate of drug-likeness (QED) is 0.563. The van der Waals surface area contributed by atoms with Gasteiger partial charge in [0.1, 0.15) is 11.6 Å². The van der Waals surface area contributed by atoms with Crippen LogP contribution in [-0.4, -0.2) is 53.9 Å². The smallest absolute Gasteiger partial charge is 0.271 e. The Kier molecular flexibility index (Phi) is 7.30. The molecule has 2 aromatic carbocycles. The van der Waals surface area contributed by atoms with Gasteiger partial charge in [0.2, 0.25) is 5.91 Å². The number of aryl methyl sites for hydroxylation is 3. The molecule has 1 amide bonds. The third kappa shape index (κ3) is 5.30. The van der Waals surface area contributed by atoms with E-state index in [9.17, 15) is 9.59 Å². The van der Waals surface area contributed by atoms with Crippen LogP contribution in [0.15, 0.2) is 59.4 Å². The van der Waals surface area contributed by atoms with Gasteiger partial charge in [-0.1, -0.05) is 24.3 Å². The molecule has 0 saturated carbocycles. The van der Waals surface area contributed by atoms with Gasteiger partial charge >= 0.3 is 0 Å². The minimum Gasteiger partial charge on any atom is -0.496 e. The number of amides is 1. The molecule has 0 spiro atoms. The third-order valence-corrected chi connectivity index (χ3v) is 6.49. The number of benzene rings is 2. The lowest BCUT2D eigenvalue weighted by molar-refractivity contribution is -0.130. The third-order valence-electron chi connectivity index (χ3n) is 6.49. The van der Waals surface area contributed by atoms with Gasteiger partial charge in [0.25, 0.3) is 5.56 Å². The molecular formula is C27H32N4O3. The fourth-order valence-corrected chi connectivity index (χ4v) is 4.32. The Morgan fingerprint density at radius 3 is 2.59 bits per heavy atom. The molecule has 2 heterocycles. The van der Waals surface area contributed by atoms with Crippen LogP contribution in [0.2, 0.25) is 0 Å². The molecule has 1 aliphatic rings. The topological polar surface area (TPSA) is 67.7 Å². The van der Waals surface area contributed by atoms with E-state index in [1.807, 2.05) is 61.2 Å². The average molecular weight is 461 g/mol. The molecule has 0 atom stereocenters. The van der Waals surface area contributed by atoms with E-state index in [-0.39, 0.29) is 11.5 Å². The number of rotatable bonds is 6. The van der Waals surface area contributed by atoms with E-state index in [0.29, 0.717) is 25.9 Å². The van der Waals surface area contributed by atoms with Crippen LogP contribution in [0.1, 0.15) is 29.5 Å². The van der Waals surface area contributed by atoms with Gasteiger partial charge in [0.05, 0.1) is 12.8 Å². The summed E-state index contributed by atoms with van der Waals surface area (Å²) in [5, 5.41) is 4.66. The first-order valence-corrected chi connectivity index (χ1v) is 11.8. The van der Waals surface area contributed by atoms with Gasteiger partial charge in [-0.2, -0.15) is 4.68 Å². The first-order valence-electron chi connectivity index (χ1n) is 11.8.